The second kappa shape index (κ2) is 5.78. The summed E-state index contributed by atoms with van der Waals surface area (Å²) in [6.07, 6.45) is 1.56. The molecular weight excluding hydrogens is 230 g/mol. The Kier molecular flexibility index (Phi) is 4.66. The zero-order valence-corrected chi connectivity index (χ0v) is 9.83. The molecule has 1 aromatic rings. The lowest BCUT2D eigenvalue weighted by Crippen LogP contribution is -2.29. The van der Waals surface area contributed by atoms with Crippen LogP contribution in [0.1, 0.15) is 5.56 Å². The van der Waals surface area contributed by atoms with E-state index < -0.39 is 10.0 Å². The van der Waals surface area contributed by atoms with Crippen molar-refractivity contribution in [3.63, 3.8) is 0 Å². The van der Waals surface area contributed by atoms with Crippen molar-refractivity contribution in [2.75, 3.05) is 19.4 Å². The van der Waals surface area contributed by atoms with Gasteiger partial charge in [-0.15, -0.1) is 0 Å². The van der Waals surface area contributed by atoms with E-state index in [2.05, 4.69) is 9.71 Å². The summed E-state index contributed by atoms with van der Waals surface area (Å²) < 4.78 is 29.9. The number of nitrogens with two attached hydrogens (primary N) is 1. The summed E-state index contributed by atoms with van der Waals surface area (Å²) in [4.78, 5) is 3.96. The SMILES string of the molecule is COc1ccc(CNS(=O)(=O)CCN)cn1. The standard InChI is InChI=1S/C9H15N3O3S/c1-15-9-3-2-8(6-11-9)7-12-16(13,14)5-4-10/h2-3,6,12H,4-5,7,10H2,1H3. The van der Waals surface area contributed by atoms with Crippen LogP contribution < -0.4 is 15.2 Å². The van der Waals surface area contributed by atoms with Crippen LogP contribution in [0.3, 0.4) is 0 Å². The van der Waals surface area contributed by atoms with Gasteiger partial charge in [0.1, 0.15) is 0 Å². The number of ether oxygens (including phenoxy) is 1. The van der Waals surface area contributed by atoms with Crippen LogP contribution in [0.15, 0.2) is 18.3 Å². The van der Waals surface area contributed by atoms with Gasteiger partial charge >= 0.3 is 0 Å². The molecule has 90 valence electrons. The molecule has 0 aromatic carbocycles. The Morgan fingerprint density at radius 3 is 2.75 bits per heavy atom. The lowest BCUT2D eigenvalue weighted by molar-refractivity contribution is 0.397. The molecule has 0 fully saturated rings. The van der Waals surface area contributed by atoms with Gasteiger partial charge in [0.15, 0.2) is 0 Å². The van der Waals surface area contributed by atoms with Gasteiger partial charge in [0.25, 0.3) is 0 Å². The van der Waals surface area contributed by atoms with Crippen LogP contribution in [0.25, 0.3) is 0 Å². The maximum absolute atomic E-state index is 11.3. The summed E-state index contributed by atoms with van der Waals surface area (Å²) in [7, 11) is -1.76. The van der Waals surface area contributed by atoms with Crippen LogP contribution in [0.5, 0.6) is 5.88 Å². The molecule has 1 aromatic heterocycles. The second-order valence-corrected chi connectivity index (χ2v) is 5.06. The van der Waals surface area contributed by atoms with E-state index in [4.69, 9.17) is 10.5 Å². The van der Waals surface area contributed by atoms with E-state index in [1.165, 1.54) is 7.11 Å². The highest BCUT2D eigenvalue weighted by atomic mass is 32.2. The van der Waals surface area contributed by atoms with Crippen LogP contribution in [-0.2, 0) is 16.6 Å². The third-order valence-corrected chi connectivity index (χ3v) is 3.25. The number of rotatable bonds is 6. The molecule has 1 rings (SSSR count). The lowest BCUT2D eigenvalue weighted by Gasteiger charge is -2.05. The van der Waals surface area contributed by atoms with Gasteiger partial charge in [0.05, 0.1) is 12.9 Å². The van der Waals surface area contributed by atoms with Crippen LogP contribution in [0, 0.1) is 0 Å². The number of aromatic nitrogens is 1. The van der Waals surface area contributed by atoms with Crippen molar-refractivity contribution in [1.82, 2.24) is 9.71 Å². The molecule has 0 saturated heterocycles. The minimum absolute atomic E-state index is 0.0728. The number of hydrogen-bond acceptors (Lipinski definition) is 5. The number of methoxy groups -OCH3 is 1. The quantitative estimate of drug-likeness (QED) is 0.702. The summed E-state index contributed by atoms with van der Waals surface area (Å²) in [5.41, 5.74) is 5.94. The third kappa shape index (κ3) is 4.13. The molecule has 16 heavy (non-hydrogen) atoms. The third-order valence-electron chi connectivity index (χ3n) is 1.89. The Labute approximate surface area is 94.9 Å². The molecule has 7 heteroatoms. The number of nitrogens with one attached hydrogen (secondary N) is 1. The average Bonchev–Trinajstić information content (AvgIpc) is 2.27. The van der Waals surface area contributed by atoms with Crippen molar-refractivity contribution in [3.8, 4) is 5.88 Å². The molecule has 6 nitrogen and oxygen atoms in total. The molecule has 0 spiro atoms. The molecule has 1 heterocycles. The van der Waals surface area contributed by atoms with Crippen molar-refractivity contribution in [2.24, 2.45) is 5.73 Å². The molecule has 0 bridgehead atoms. The molecule has 0 aliphatic carbocycles. The Balaban J connectivity index is 2.54. The first-order chi connectivity index (χ1) is 7.57. The molecular formula is C9H15N3O3S. The molecule has 0 saturated carbocycles. The Morgan fingerprint density at radius 1 is 1.50 bits per heavy atom. The smallest absolute Gasteiger partial charge is 0.213 e. The van der Waals surface area contributed by atoms with E-state index in [1.54, 1.807) is 18.3 Å². The highest BCUT2D eigenvalue weighted by Crippen LogP contribution is 2.06. The number of pyridine rings is 1. The molecule has 0 radical (unpaired) electrons. The number of sulfonamides is 1. The highest BCUT2D eigenvalue weighted by Gasteiger charge is 2.08. The van der Waals surface area contributed by atoms with E-state index in [9.17, 15) is 8.42 Å². The van der Waals surface area contributed by atoms with E-state index >= 15 is 0 Å². The summed E-state index contributed by atoms with van der Waals surface area (Å²) in [6.45, 7) is 0.315. The molecule has 3 N–H and O–H groups in total. The summed E-state index contributed by atoms with van der Waals surface area (Å²) >= 11 is 0. The monoisotopic (exact) mass is 245 g/mol. The van der Waals surface area contributed by atoms with Crippen LogP contribution in [-0.4, -0.2) is 32.8 Å². The van der Waals surface area contributed by atoms with E-state index in [0.29, 0.717) is 5.88 Å². The minimum atomic E-state index is -3.28. The Hall–Kier alpha value is -1.18. The van der Waals surface area contributed by atoms with Gasteiger partial charge in [0, 0.05) is 25.4 Å². The van der Waals surface area contributed by atoms with Gasteiger partial charge < -0.3 is 10.5 Å². The lowest BCUT2D eigenvalue weighted by atomic mass is 10.3. The fourth-order valence-electron chi connectivity index (χ4n) is 1.06. The molecule has 0 amide bonds. The van der Waals surface area contributed by atoms with E-state index in [1.807, 2.05) is 0 Å². The summed E-state index contributed by atoms with van der Waals surface area (Å²) in [5.74, 6) is 0.421. The van der Waals surface area contributed by atoms with Gasteiger partial charge in [0.2, 0.25) is 15.9 Å². The number of hydrogen-bond donors (Lipinski definition) is 2. The second-order valence-electron chi connectivity index (χ2n) is 3.14. The van der Waals surface area contributed by atoms with E-state index in [-0.39, 0.29) is 18.8 Å². The normalized spacial score (nSPS) is 11.4. The first-order valence-electron chi connectivity index (χ1n) is 4.74. The van der Waals surface area contributed by atoms with Gasteiger partial charge in [-0.05, 0) is 5.56 Å². The van der Waals surface area contributed by atoms with Gasteiger partial charge in [-0.2, -0.15) is 0 Å². The largest absolute Gasteiger partial charge is 0.481 e. The van der Waals surface area contributed by atoms with Crippen LogP contribution in [0.4, 0.5) is 0 Å². The summed E-state index contributed by atoms with van der Waals surface area (Å²) in [5, 5.41) is 0. The number of nitrogens with zero attached hydrogens (tertiary/aromatic N) is 1. The van der Waals surface area contributed by atoms with Crippen molar-refractivity contribution in [2.45, 2.75) is 6.54 Å². The average molecular weight is 245 g/mol. The zero-order chi connectivity index (χ0) is 12.0. The zero-order valence-electron chi connectivity index (χ0n) is 9.01. The predicted molar refractivity (Wildman–Crippen MR) is 60.5 cm³/mol. The fraction of sp³-hybridized carbons (Fsp3) is 0.444. The first kappa shape index (κ1) is 12.9. The molecule has 0 atom stereocenters. The van der Waals surface area contributed by atoms with Gasteiger partial charge in [-0.3, -0.25) is 0 Å². The van der Waals surface area contributed by atoms with Crippen LogP contribution in [0.2, 0.25) is 0 Å². The topological polar surface area (TPSA) is 94.3 Å². The van der Waals surface area contributed by atoms with E-state index in [0.717, 1.165) is 5.56 Å². The Bertz CT molecular complexity index is 416. The molecule has 0 aliphatic heterocycles. The van der Waals surface area contributed by atoms with Crippen molar-refractivity contribution < 1.29 is 13.2 Å². The minimum Gasteiger partial charge on any atom is -0.481 e. The van der Waals surface area contributed by atoms with Crippen molar-refractivity contribution in [3.05, 3.63) is 23.9 Å². The fourth-order valence-corrected chi connectivity index (χ4v) is 1.90. The highest BCUT2D eigenvalue weighted by molar-refractivity contribution is 7.89. The maximum Gasteiger partial charge on any atom is 0.213 e. The predicted octanol–water partition coefficient (Wildman–Crippen LogP) is -0.532. The first-order valence-corrected chi connectivity index (χ1v) is 6.39. The van der Waals surface area contributed by atoms with Crippen molar-refractivity contribution >= 4 is 10.0 Å². The molecule has 0 aliphatic rings. The van der Waals surface area contributed by atoms with Crippen molar-refractivity contribution in [1.29, 1.82) is 0 Å². The maximum atomic E-state index is 11.3. The van der Waals surface area contributed by atoms with Gasteiger partial charge in [-0.25, -0.2) is 18.1 Å². The molecule has 0 unspecified atom stereocenters. The Morgan fingerprint density at radius 2 is 2.25 bits per heavy atom. The van der Waals surface area contributed by atoms with Gasteiger partial charge in [-0.1, -0.05) is 6.07 Å². The van der Waals surface area contributed by atoms with Crippen LogP contribution >= 0.6 is 0 Å². The summed E-state index contributed by atoms with van der Waals surface area (Å²) in [6, 6.07) is 3.42.